The number of piperidine rings is 1. The molecule has 2 aromatic heterocycles. The molecule has 0 bridgehead atoms. The number of hydrogen-bond donors (Lipinski definition) is 4. The third-order valence-electron chi connectivity index (χ3n) is 8.03. The van der Waals surface area contributed by atoms with Crippen molar-refractivity contribution in [2.24, 2.45) is 5.92 Å². The van der Waals surface area contributed by atoms with Gasteiger partial charge < -0.3 is 48.8 Å². The predicted octanol–water partition coefficient (Wildman–Crippen LogP) is 0.856. The average molecular weight is 710 g/mol. The number of imidazole rings is 1. The van der Waals surface area contributed by atoms with Crippen LogP contribution in [-0.2, 0) is 37.0 Å². The Kier molecular flexibility index (Phi) is 10.2. The van der Waals surface area contributed by atoms with Gasteiger partial charge in [-0.1, -0.05) is 30.3 Å². The van der Waals surface area contributed by atoms with Gasteiger partial charge in [0.1, 0.15) is 38.3 Å². The lowest BCUT2D eigenvalue weighted by molar-refractivity contribution is -0.235. The standard InChI is InChI=1S/C27H35N7O12P2/c1-2-28-27(37)33-22-19-23(31-13-30-22)34(14-32-19)24-21-20(44-26(45-21)16-6-4-3-5-7-16)18(43-24)11-42-48(40,41)46-47(38,39)12-15-8-9-29-17(10-15)25(35)36/h3-7,13-15,17-18,20-21,24,26,29H,2,8-12H2,1H3,(H,35,36)(H,38,39)(H,40,41)(H2,28,30,31,33,37)/p-2/t15?,17?,18-,20+,21+,24-,26+/m1/s1. The van der Waals surface area contributed by atoms with Crippen LogP contribution in [0.25, 0.3) is 11.2 Å². The lowest BCUT2D eigenvalue weighted by Crippen LogP contribution is -2.44. The normalized spacial score (nSPS) is 29.5. The second-order valence-corrected chi connectivity index (χ2v) is 14.8. The molecule has 48 heavy (non-hydrogen) atoms. The van der Waals surface area contributed by atoms with Crippen molar-refractivity contribution in [3.8, 4) is 0 Å². The fourth-order valence-corrected chi connectivity index (χ4v) is 8.91. The van der Waals surface area contributed by atoms with Crippen LogP contribution < -0.4 is 25.7 Å². The Hall–Kier alpha value is -3.35. The molecule has 3 fully saturated rings. The molecule has 0 aliphatic carbocycles. The van der Waals surface area contributed by atoms with Gasteiger partial charge in [0.15, 0.2) is 29.5 Å². The molecule has 0 spiro atoms. The Morgan fingerprint density at radius 2 is 1.90 bits per heavy atom. The molecule has 6 rings (SSSR count). The zero-order valence-corrected chi connectivity index (χ0v) is 27.2. The first-order valence-corrected chi connectivity index (χ1v) is 18.3. The van der Waals surface area contributed by atoms with Gasteiger partial charge in [-0.3, -0.25) is 23.6 Å². The monoisotopic (exact) mass is 709 g/mol. The third kappa shape index (κ3) is 7.76. The van der Waals surface area contributed by atoms with Gasteiger partial charge in [-0.25, -0.2) is 19.7 Å². The molecule has 0 saturated carbocycles. The number of phosphoric ester groups is 1. The molecule has 0 radical (unpaired) electrons. The summed E-state index contributed by atoms with van der Waals surface area (Å²) in [6.45, 7) is 1.71. The van der Waals surface area contributed by atoms with E-state index < -0.39 is 83.0 Å². The number of urea groups is 1. The van der Waals surface area contributed by atoms with Crippen LogP contribution in [0.1, 0.15) is 37.8 Å². The zero-order valence-electron chi connectivity index (χ0n) is 25.4. The topological polar surface area (TPSA) is 260 Å². The lowest BCUT2D eigenvalue weighted by Gasteiger charge is -2.36. The fourth-order valence-electron chi connectivity index (χ4n) is 5.94. The van der Waals surface area contributed by atoms with E-state index in [0.29, 0.717) is 18.5 Å². The van der Waals surface area contributed by atoms with Gasteiger partial charge in [0.2, 0.25) is 0 Å². The largest absolute Gasteiger partial charge is 0.778 e. The van der Waals surface area contributed by atoms with E-state index in [4.69, 9.17) is 18.7 Å². The maximum absolute atomic E-state index is 12.8. The number of anilines is 1. The number of nitrogens with zero attached hydrogens (tertiary/aromatic N) is 4. The first-order chi connectivity index (χ1) is 22.9. The Bertz CT molecular complexity index is 1730. The number of aromatic nitrogens is 4. The second-order valence-electron chi connectivity index (χ2n) is 11.4. The summed E-state index contributed by atoms with van der Waals surface area (Å²) in [5.74, 6) is -1.62. The first-order valence-electron chi connectivity index (χ1n) is 15.1. The number of carboxylic acid groups (broad SMARTS) is 1. The molecule has 9 atom stereocenters. The summed E-state index contributed by atoms with van der Waals surface area (Å²) in [4.78, 5) is 61.7. The molecule has 5 heterocycles. The van der Waals surface area contributed by atoms with E-state index >= 15 is 0 Å². The van der Waals surface area contributed by atoms with E-state index in [2.05, 4.69) is 35.2 Å². The van der Waals surface area contributed by atoms with E-state index in [9.17, 15) is 33.6 Å². The summed E-state index contributed by atoms with van der Waals surface area (Å²) in [6.07, 6.45) is -2.40. The molecule has 4 N–H and O–H groups in total. The quantitative estimate of drug-likeness (QED) is 0.190. The summed E-state index contributed by atoms with van der Waals surface area (Å²) in [5.41, 5.74) is 1.20. The van der Waals surface area contributed by atoms with E-state index in [-0.39, 0.29) is 29.9 Å². The summed E-state index contributed by atoms with van der Waals surface area (Å²) < 4.78 is 55.1. The van der Waals surface area contributed by atoms with Gasteiger partial charge in [0.05, 0.1) is 12.9 Å². The Balaban J connectivity index is 1.18. The highest BCUT2D eigenvalue weighted by Crippen LogP contribution is 2.57. The van der Waals surface area contributed by atoms with Gasteiger partial charge in [0.25, 0.3) is 7.82 Å². The average Bonchev–Trinajstić information content (AvgIpc) is 3.75. The van der Waals surface area contributed by atoms with Crippen molar-refractivity contribution >= 4 is 44.4 Å². The minimum Gasteiger partial charge on any atom is -0.778 e. The minimum atomic E-state index is -5.44. The number of carbonyl (C=O) groups is 2. The summed E-state index contributed by atoms with van der Waals surface area (Å²) in [6, 6.07) is 7.55. The van der Waals surface area contributed by atoms with Crippen molar-refractivity contribution in [3.63, 3.8) is 0 Å². The number of carbonyl (C=O) groups excluding carboxylic acids is 1. The minimum absolute atomic E-state index is 0.00737. The number of ether oxygens (including phenoxy) is 3. The maximum atomic E-state index is 12.8. The Labute approximate surface area is 273 Å². The lowest BCUT2D eigenvalue weighted by atomic mass is 9.94. The highest BCUT2D eigenvalue weighted by Gasteiger charge is 2.54. The van der Waals surface area contributed by atoms with Gasteiger partial charge in [-0.15, -0.1) is 0 Å². The highest BCUT2D eigenvalue weighted by molar-refractivity contribution is 7.62. The van der Waals surface area contributed by atoms with Crippen molar-refractivity contribution < 1.29 is 56.7 Å². The van der Waals surface area contributed by atoms with Crippen molar-refractivity contribution in [1.82, 2.24) is 30.2 Å². The van der Waals surface area contributed by atoms with Crippen molar-refractivity contribution in [3.05, 3.63) is 48.5 Å². The molecular formula is C27H33N7O12P2-2. The number of aliphatic carboxylic acids is 1. The third-order valence-corrected chi connectivity index (χ3v) is 11.3. The first kappa shape index (κ1) is 34.5. The predicted molar refractivity (Wildman–Crippen MR) is 160 cm³/mol. The molecule has 19 nitrogen and oxygen atoms in total. The number of fused-ring (bicyclic) bond motifs is 2. The van der Waals surface area contributed by atoms with E-state index in [1.54, 1.807) is 31.2 Å². The van der Waals surface area contributed by atoms with Crippen LogP contribution in [0.2, 0.25) is 0 Å². The van der Waals surface area contributed by atoms with Gasteiger partial charge >= 0.3 is 12.0 Å². The molecule has 3 saturated heterocycles. The van der Waals surface area contributed by atoms with Crippen LogP contribution in [0.5, 0.6) is 0 Å². The van der Waals surface area contributed by atoms with Gasteiger partial charge in [0, 0.05) is 18.3 Å². The fraction of sp³-hybridized carbons (Fsp3) is 0.519. The summed E-state index contributed by atoms with van der Waals surface area (Å²) in [5, 5.41) is 17.2. The van der Waals surface area contributed by atoms with E-state index in [1.165, 1.54) is 17.2 Å². The Morgan fingerprint density at radius 1 is 1.12 bits per heavy atom. The number of amides is 2. The van der Waals surface area contributed by atoms with E-state index in [0.717, 1.165) is 0 Å². The van der Waals surface area contributed by atoms with Crippen LogP contribution in [0.15, 0.2) is 43.0 Å². The number of carboxylic acids is 1. The number of rotatable bonds is 12. The van der Waals surface area contributed by atoms with Crippen LogP contribution in [0.3, 0.4) is 0 Å². The number of nitrogens with one attached hydrogen (secondary N) is 3. The van der Waals surface area contributed by atoms with Gasteiger partial charge in [-0.2, -0.15) is 0 Å². The zero-order chi connectivity index (χ0) is 34.1. The van der Waals surface area contributed by atoms with Crippen LogP contribution >= 0.6 is 15.4 Å². The van der Waals surface area contributed by atoms with Gasteiger partial charge in [-0.05, 0) is 32.2 Å². The molecule has 260 valence electrons. The molecule has 2 amide bonds. The van der Waals surface area contributed by atoms with Crippen LogP contribution in [0.4, 0.5) is 10.6 Å². The summed E-state index contributed by atoms with van der Waals surface area (Å²) in [7, 11) is -10.4. The van der Waals surface area contributed by atoms with Crippen molar-refractivity contribution in [1.29, 1.82) is 0 Å². The smallest absolute Gasteiger partial charge is 0.320 e. The SMILES string of the molecule is CCNC(=O)Nc1ncnc2c1ncn2[C@@H]1O[C@H](COP(=O)([O-])OP(=O)([O-])CC2CCNC(C(=O)O)C2)[C@@H]2O[C@H](c3ccccc3)O[C@@H]21. The van der Waals surface area contributed by atoms with Crippen LogP contribution in [0, 0.1) is 5.92 Å². The molecule has 3 aliphatic rings. The highest BCUT2D eigenvalue weighted by atomic mass is 31.3. The number of phosphoric acid groups is 1. The van der Waals surface area contributed by atoms with Crippen molar-refractivity contribution in [2.45, 2.75) is 56.6 Å². The Morgan fingerprint density at radius 3 is 2.65 bits per heavy atom. The van der Waals surface area contributed by atoms with E-state index in [1.807, 2.05) is 6.07 Å². The van der Waals surface area contributed by atoms with Crippen molar-refractivity contribution in [2.75, 3.05) is 31.2 Å². The number of benzene rings is 1. The molecule has 3 aromatic rings. The molecule has 4 unspecified atom stereocenters. The summed E-state index contributed by atoms with van der Waals surface area (Å²) >= 11 is 0. The molecular weight excluding hydrogens is 676 g/mol. The second kappa shape index (κ2) is 14.2. The molecule has 3 aliphatic heterocycles. The van der Waals surface area contributed by atoms with Crippen LogP contribution in [-0.4, -0.2) is 86.8 Å². The maximum Gasteiger partial charge on any atom is 0.320 e. The molecule has 1 aromatic carbocycles. The number of hydrogen-bond acceptors (Lipinski definition) is 15. The molecule has 21 heteroatoms.